The molecule has 108 valence electrons. The molecule has 21 heavy (non-hydrogen) atoms. The number of rotatable bonds is 2. The fraction of sp³-hybridized carbons (Fsp3) is 0.188. The van der Waals surface area contributed by atoms with Gasteiger partial charge in [0, 0.05) is 12.0 Å². The molecule has 0 aliphatic rings. The lowest BCUT2D eigenvalue weighted by molar-refractivity contribution is 0.187. The first-order chi connectivity index (χ1) is 10.2. The minimum Gasteiger partial charge on any atom is -0.379 e. The van der Waals surface area contributed by atoms with E-state index in [9.17, 15) is 4.39 Å². The van der Waals surface area contributed by atoms with E-state index in [4.69, 9.17) is 4.74 Å². The minimum atomic E-state index is -0.399. The lowest BCUT2D eigenvalue weighted by Gasteiger charge is -1.90. The van der Waals surface area contributed by atoms with Crippen LogP contribution in [0, 0.1) is 24.6 Å². The Bertz CT molecular complexity index is 723. The first-order valence-electron chi connectivity index (χ1n) is 6.32. The van der Waals surface area contributed by atoms with Gasteiger partial charge in [-0.2, -0.15) is 0 Å². The van der Waals surface area contributed by atoms with E-state index in [1.165, 1.54) is 12.3 Å². The molecule has 0 saturated carbocycles. The maximum atomic E-state index is 13.2. The molecule has 0 radical (unpaired) electrons. The van der Waals surface area contributed by atoms with Crippen molar-refractivity contribution in [1.82, 2.24) is 9.97 Å². The van der Waals surface area contributed by atoms with E-state index in [0.29, 0.717) is 18.1 Å². The highest BCUT2D eigenvalue weighted by molar-refractivity contribution is 7.12. The molecule has 2 rings (SSSR count). The van der Waals surface area contributed by atoms with Gasteiger partial charge < -0.3 is 9.72 Å². The number of aromatic amines is 1. The Labute approximate surface area is 127 Å². The number of hydrogen-bond donors (Lipinski definition) is 1. The van der Waals surface area contributed by atoms with Crippen molar-refractivity contribution in [3.8, 4) is 11.8 Å². The van der Waals surface area contributed by atoms with Gasteiger partial charge in [0.2, 0.25) is 0 Å². The second-order valence-electron chi connectivity index (χ2n) is 4.24. The predicted molar refractivity (Wildman–Crippen MR) is 81.9 cm³/mol. The molecule has 0 bridgehead atoms. The lowest BCUT2D eigenvalue weighted by atomic mass is 10.3. The van der Waals surface area contributed by atoms with Crippen LogP contribution < -0.4 is 0 Å². The molecule has 5 heteroatoms. The third-order valence-corrected chi connectivity index (χ3v) is 3.46. The molecule has 0 amide bonds. The molecule has 3 nitrogen and oxygen atoms in total. The molecule has 2 heterocycles. The number of nitrogens with zero attached hydrogens (tertiary/aromatic N) is 1. The van der Waals surface area contributed by atoms with E-state index < -0.39 is 5.82 Å². The smallest absolute Gasteiger partial charge is 0.141 e. The number of halogens is 1. The van der Waals surface area contributed by atoms with Gasteiger partial charge in [0.15, 0.2) is 0 Å². The average molecular weight is 302 g/mol. The number of nitrogens with one attached hydrogen (secondary N) is 1. The molecule has 0 aromatic carbocycles. The zero-order valence-electron chi connectivity index (χ0n) is 11.8. The highest BCUT2D eigenvalue weighted by Gasteiger charge is 1.96. The SMILES string of the molecule is COCc1ccc(C#Cc2cccc(F)cnc(C)[nH]2)s1. The number of aromatic nitrogens is 2. The molecule has 0 fully saturated rings. The van der Waals surface area contributed by atoms with Gasteiger partial charge >= 0.3 is 0 Å². The first kappa shape index (κ1) is 15.2. The van der Waals surface area contributed by atoms with Crippen molar-refractivity contribution in [2.45, 2.75) is 13.5 Å². The highest BCUT2D eigenvalue weighted by Crippen LogP contribution is 2.16. The van der Waals surface area contributed by atoms with E-state index in [-0.39, 0.29) is 0 Å². The second-order valence-corrected chi connectivity index (χ2v) is 5.41. The summed E-state index contributed by atoms with van der Waals surface area (Å²) in [5.74, 6) is 6.29. The van der Waals surface area contributed by atoms with E-state index in [1.807, 2.05) is 12.1 Å². The molecule has 0 atom stereocenters. The third kappa shape index (κ3) is 5.03. The van der Waals surface area contributed by atoms with Crippen molar-refractivity contribution in [1.29, 1.82) is 0 Å². The van der Waals surface area contributed by atoms with Crippen LogP contribution in [0.25, 0.3) is 0 Å². The van der Waals surface area contributed by atoms with Crippen molar-refractivity contribution in [2.24, 2.45) is 0 Å². The quantitative estimate of drug-likeness (QED) is 0.861. The maximum Gasteiger partial charge on any atom is 0.141 e. The van der Waals surface area contributed by atoms with Crippen molar-refractivity contribution < 1.29 is 9.13 Å². The van der Waals surface area contributed by atoms with Crippen LogP contribution in [0.15, 0.2) is 36.5 Å². The lowest BCUT2D eigenvalue weighted by Crippen LogP contribution is -1.84. The van der Waals surface area contributed by atoms with Crippen molar-refractivity contribution in [2.75, 3.05) is 7.11 Å². The molecule has 2 aromatic rings. The summed E-state index contributed by atoms with van der Waals surface area (Å²) < 4.78 is 18.3. The van der Waals surface area contributed by atoms with Gasteiger partial charge in [-0.25, -0.2) is 9.37 Å². The first-order valence-corrected chi connectivity index (χ1v) is 7.14. The van der Waals surface area contributed by atoms with Crippen LogP contribution >= 0.6 is 11.3 Å². The summed E-state index contributed by atoms with van der Waals surface area (Å²) in [5.41, 5.74) is 0.664. The van der Waals surface area contributed by atoms with E-state index in [1.54, 1.807) is 37.5 Å². The number of thiophene rings is 1. The number of ether oxygens (including phenoxy) is 1. The summed E-state index contributed by atoms with van der Waals surface area (Å²) in [6.07, 6.45) is 1.17. The van der Waals surface area contributed by atoms with Crippen molar-refractivity contribution >= 4 is 11.3 Å². The molecule has 0 aliphatic heterocycles. The molecule has 0 aliphatic carbocycles. The number of H-pyrrole nitrogens is 1. The standard InChI is InChI=1S/C16H15FN2OS/c1-12-18-10-13(17)4-3-5-14(19-12)6-7-15-8-9-16(21-15)11-20-2/h3-5,8-10H,11H2,1-2H3,(H,18,19). The zero-order valence-corrected chi connectivity index (χ0v) is 12.6. The van der Waals surface area contributed by atoms with Gasteiger partial charge in [-0.15, -0.1) is 11.3 Å². The Balaban J connectivity index is 2.31. The van der Waals surface area contributed by atoms with Gasteiger partial charge in [0.05, 0.1) is 23.4 Å². The van der Waals surface area contributed by atoms with Crippen LogP contribution in [0.4, 0.5) is 4.39 Å². The molecule has 0 spiro atoms. The summed E-state index contributed by atoms with van der Waals surface area (Å²) >= 11 is 1.59. The minimum absolute atomic E-state index is 0.399. The van der Waals surface area contributed by atoms with Crippen LogP contribution in [0.3, 0.4) is 0 Å². The Kier molecular flexibility index (Phi) is 5.50. The normalized spacial score (nSPS) is 9.67. The second kappa shape index (κ2) is 7.58. The van der Waals surface area contributed by atoms with E-state index >= 15 is 0 Å². The van der Waals surface area contributed by atoms with Gasteiger partial charge in [-0.3, -0.25) is 0 Å². The summed E-state index contributed by atoms with van der Waals surface area (Å²) in [5, 5.41) is 0. The van der Waals surface area contributed by atoms with Crippen LogP contribution in [0.1, 0.15) is 21.3 Å². The summed E-state index contributed by atoms with van der Waals surface area (Å²) in [6.45, 7) is 2.35. The maximum absolute atomic E-state index is 13.2. The van der Waals surface area contributed by atoms with Crippen LogP contribution in [0.5, 0.6) is 0 Å². The van der Waals surface area contributed by atoms with E-state index in [0.717, 1.165) is 9.75 Å². The molecular weight excluding hydrogens is 287 g/mol. The van der Waals surface area contributed by atoms with Gasteiger partial charge in [0.25, 0.3) is 0 Å². The van der Waals surface area contributed by atoms with Crippen LogP contribution in [-0.2, 0) is 11.3 Å². The fourth-order valence-electron chi connectivity index (χ4n) is 1.57. The summed E-state index contributed by atoms with van der Waals surface area (Å²) in [7, 11) is 1.67. The topological polar surface area (TPSA) is 37.9 Å². The monoisotopic (exact) mass is 302 g/mol. The zero-order chi connectivity index (χ0) is 15.1. The largest absolute Gasteiger partial charge is 0.379 e. The Hall–Kier alpha value is -2.16. The molecule has 0 saturated heterocycles. The predicted octanol–water partition coefficient (Wildman–Crippen LogP) is 3.59. The van der Waals surface area contributed by atoms with Gasteiger partial charge in [-0.1, -0.05) is 6.07 Å². The van der Waals surface area contributed by atoms with Gasteiger partial charge in [0.1, 0.15) is 11.6 Å². The molecular formula is C16H15FN2OS. The van der Waals surface area contributed by atoms with E-state index in [2.05, 4.69) is 21.8 Å². The summed E-state index contributed by atoms with van der Waals surface area (Å²) in [6, 6.07) is 8.61. The number of hydrogen-bond acceptors (Lipinski definition) is 3. The number of aryl methyl sites for hydroxylation is 1. The fourth-order valence-corrected chi connectivity index (χ4v) is 2.41. The average Bonchev–Trinajstić information content (AvgIpc) is 2.92. The summed E-state index contributed by atoms with van der Waals surface area (Å²) in [4.78, 5) is 9.07. The highest BCUT2D eigenvalue weighted by atomic mass is 32.1. The Morgan fingerprint density at radius 2 is 2.14 bits per heavy atom. The van der Waals surface area contributed by atoms with Crippen molar-refractivity contribution in [3.63, 3.8) is 0 Å². The van der Waals surface area contributed by atoms with Crippen LogP contribution in [-0.4, -0.2) is 17.1 Å². The molecule has 2 aromatic heterocycles. The van der Waals surface area contributed by atoms with Crippen molar-refractivity contribution in [3.05, 3.63) is 63.6 Å². The van der Waals surface area contributed by atoms with Crippen LogP contribution in [0.2, 0.25) is 0 Å². The number of methoxy groups -OCH3 is 1. The molecule has 0 unspecified atom stereocenters. The Morgan fingerprint density at radius 1 is 1.29 bits per heavy atom. The molecule has 1 N–H and O–H groups in total. The third-order valence-electron chi connectivity index (χ3n) is 2.48. The van der Waals surface area contributed by atoms with Gasteiger partial charge in [-0.05, 0) is 43.0 Å². The Morgan fingerprint density at radius 3 is 2.95 bits per heavy atom.